The standard InChI is InChI=1S/C17H22N2O5/c1-17(2,16(23)19-9-5-7-12(19)15(21)22)10-24-13-8-4-3-6-11(13)14(18)20/h3-4,6,8,12H,5,7,9-10H2,1-2H3,(H2,18,20)(H,21,22). The summed E-state index contributed by atoms with van der Waals surface area (Å²) in [6, 6.07) is 5.75. The topological polar surface area (TPSA) is 110 Å². The van der Waals surface area contributed by atoms with E-state index in [0.29, 0.717) is 25.1 Å². The van der Waals surface area contributed by atoms with Crippen LogP contribution in [0.1, 0.15) is 37.0 Å². The van der Waals surface area contributed by atoms with Gasteiger partial charge in [0.15, 0.2) is 0 Å². The van der Waals surface area contributed by atoms with Gasteiger partial charge in [-0.15, -0.1) is 0 Å². The summed E-state index contributed by atoms with van der Waals surface area (Å²) in [7, 11) is 0. The van der Waals surface area contributed by atoms with Gasteiger partial charge in [-0.25, -0.2) is 4.79 Å². The Morgan fingerprint density at radius 2 is 2.00 bits per heavy atom. The average molecular weight is 334 g/mol. The number of amides is 2. The van der Waals surface area contributed by atoms with Gasteiger partial charge in [-0.3, -0.25) is 9.59 Å². The van der Waals surface area contributed by atoms with E-state index in [2.05, 4.69) is 0 Å². The number of likely N-dealkylation sites (tertiary alicyclic amines) is 1. The second kappa shape index (κ2) is 6.90. The molecule has 3 N–H and O–H groups in total. The van der Waals surface area contributed by atoms with Gasteiger partial charge in [-0.05, 0) is 38.8 Å². The van der Waals surface area contributed by atoms with Gasteiger partial charge < -0.3 is 20.5 Å². The quantitative estimate of drug-likeness (QED) is 0.814. The van der Waals surface area contributed by atoms with Gasteiger partial charge in [0.25, 0.3) is 5.91 Å². The molecule has 1 aromatic carbocycles. The van der Waals surface area contributed by atoms with Gasteiger partial charge in [-0.1, -0.05) is 12.1 Å². The molecule has 1 aliphatic heterocycles. The minimum Gasteiger partial charge on any atom is -0.492 e. The van der Waals surface area contributed by atoms with Crippen LogP contribution in [0.3, 0.4) is 0 Å². The maximum atomic E-state index is 12.7. The van der Waals surface area contributed by atoms with Crippen LogP contribution in [0.4, 0.5) is 0 Å². The number of benzene rings is 1. The smallest absolute Gasteiger partial charge is 0.326 e. The second-order valence-corrected chi connectivity index (χ2v) is 6.53. The Kier molecular flexibility index (Phi) is 5.11. The van der Waals surface area contributed by atoms with Crippen molar-refractivity contribution in [3.05, 3.63) is 29.8 Å². The van der Waals surface area contributed by atoms with Gasteiger partial charge in [0.1, 0.15) is 18.4 Å². The van der Waals surface area contributed by atoms with E-state index in [-0.39, 0.29) is 18.1 Å². The minimum atomic E-state index is -0.989. The molecule has 1 fully saturated rings. The Bertz CT molecular complexity index is 656. The molecule has 24 heavy (non-hydrogen) atoms. The Hall–Kier alpha value is -2.57. The third kappa shape index (κ3) is 3.67. The van der Waals surface area contributed by atoms with E-state index < -0.39 is 23.3 Å². The van der Waals surface area contributed by atoms with Crippen LogP contribution in [0, 0.1) is 5.41 Å². The number of carbonyl (C=O) groups is 3. The van der Waals surface area contributed by atoms with Crippen molar-refractivity contribution in [3.63, 3.8) is 0 Å². The molecular weight excluding hydrogens is 312 g/mol. The van der Waals surface area contributed by atoms with E-state index in [1.165, 1.54) is 4.90 Å². The summed E-state index contributed by atoms with van der Waals surface area (Å²) < 4.78 is 5.64. The zero-order chi connectivity index (χ0) is 17.9. The van der Waals surface area contributed by atoms with E-state index in [1.54, 1.807) is 38.1 Å². The highest BCUT2D eigenvalue weighted by Gasteiger charge is 2.41. The van der Waals surface area contributed by atoms with Gasteiger partial charge in [-0.2, -0.15) is 0 Å². The van der Waals surface area contributed by atoms with Gasteiger partial charge in [0.05, 0.1) is 11.0 Å². The first kappa shape index (κ1) is 17.8. The van der Waals surface area contributed by atoms with Crippen LogP contribution in [0.2, 0.25) is 0 Å². The van der Waals surface area contributed by atoms with Crippen LogP contribution in [-0.4, -0.2) is 47.0 Å². The molecule has 2 amide bonds. The maximum Gasteiger partial charge on any atom is 0.326 e. The number of hydrogen-bond donors (Lipinski definition) is 2. The van der Waals surface area contributed by atoms with Gasteiger partial charge in [0.2, 0.25) is 5.91 Å². The highest BCUT2D eigenvalue weighted by Crippen LogP contribution is 2.28. The van der Waals surface area contributed by atoms with Crippen LogP contribution in [0.5, 0.6) is 5.75 Å². The normalized spacial score (nSPS) is 17.6. The van der Waals surface area contributed by atoms with Crippen molar-refractivity contribution >= 4 is 17.8 Å². The predicted octanol–water partition coefficient (Wildman–Crippen LogP) is 1.27. The number of para-hydroxylation sites is 1. The molecule has 1 atom stereocenters. The first-order valence-electron chi connectivity index (χ1n) is 7.79. The SMILES string of the molecule is CC(C)(COc1ccccc1C(N)=O)C(=O)N1CCCC1C(=O)O. The molecule has 0 aromatic heterocycles. The lowest BCUT2D eigenvalue weighted by Gasteiger charge is -2.31. The first-order chi connectivity index (χ1) is 11.2. The lowest BCUT2D eigenvalue weighted by Crippen LogP contribution is -2.48. The van der Waals surface area contributed by atoms with Crippen LogP contribution in [-0.2, 0) is 9.59 Å². The molecule has 1 aromatic rings. The molecule has 2 rings (SSSR count). The number of rotatable bonds is 6. The van der Waals surface area contributed by atoms with Crippen LogP contribution < -0.4 is 10.5 Å². The Morgan fingerprint density at radius 3 is 2.62 bits per heavy atom. The Balaban J connectivity index is 2.10. The zero-order valence-corrected chi connectivity index (χ0v) is 13.8. The average Bonchev–Trinajstić information content (AvgIpc) is 3.02. The summed E-state index contributed by atoms with van der Waals surface area (Å²) >= 11 is 0. The molecule has 1 saturated heterocycles. The summed E-state index contributed by atoms with van der Waals surface area (Å²) in [6.45, 7) is 3.83. The van der Waals surface area contributed by atoms with Crippen LogP contribution in [0.25, 0.3) is 0 Å². The van der Waals surface area contributed by atoms with Crippen molar-refractivity contribution in [2.75, 3.05) is 13.2 Å². The van der Waals surface area contributed by atoms with Crippen molar-refractivity contribution < 1.29 is 24.2 Å². The van der Waals surface area contributed by atoms with Crippen molar-refractivity contribution in [1.29, 1.82) is 0 Å². The monoisotopic (exact) mass is 334 g/mol. The number of carbonyl (C=O) groups excluding carboxylic acids is 2. The molecule has 0 saturated carbocycles. The highest BCUT2D eigenvalue weighted by atomic mass is 16.5. The molecule has 1 unspecified atom stereocenters. The molecule has 7 heteroatoms. The molecule has 0 spiro atoms. The fraction of sp³-hybridized carbons (Fsp3) is 0.471. The van der Waals surface area contributed by atoms with E-state index in [9.17, 15) is 19.5 Å². The highest BCUT2D eigenvalue weighted by molar-refractivity contribution is 5.95. The second-order valence-electron chi connectivity index (χ2n) is 6.53. The summed E-state index contributed by atoms with van der Waals surface area (Å²) in [5, 5.41) is 9.23. The van der Waals surface area contributed by atoms with E-state index >= 15 is 0 Å². The number of aliphatic carboxylic acids is 1. The molecular formula is C17H22N2O5. The molecule has 0 aliphatic carbocycles. The first-order valence-corrected chi connectivity index (χ1v) is 7.79. The summed E-state index contributed by atoms with van der Waals surface area (Å²) in [5.41, 5.74) is 4.62. The largest absolute Gasteiger partial charge is 0.492 e. The van der Waals surface area contributed by atoms with Gasteiger partial charge in [0, 0.05) is 6.54 Å². The molecule has 1 aliphatic rings. The fourth-order valence-electron chi connectivity index (χ4n) is 2.77. The Morgan fingerprint density at radius 1 is 1.33 bits per heavy atom. The third-order valence-electron chi connectivity index (χ3n) is 4.12. The zero-order valence-electron chi connectivity index (χ0n) is 13.8. The molecule has 7 nitrogen and oxygen atoms in total. The number of nitrogens with two attached hydrogens (primary N) is 1. The molecule has 1 heterocycles. The van der Waals surface area contributed by atoms with E-state index in [4.69, 9.17) is 10.5 Å². The lowest BCUT2D eigenvalue weighted by molar-refractivity contribution is -0.153. The van der Waals surface area contributed by atoms with Crippen molar-refractivity contribution in [3.8, 4) is 5.75 Å². The number of primary amides is 1. The number of hydrogen-bond acceptors (Lipinski definition) is 4. The molecule has 0 radical (unpaired) electrons. The van der Waals surface area contributed by atoms with Crippen molar-refractivity contribution in [2.45, 2.75) is 32.7 Å². The summed E-state index contributed by atoms with van der Waals surface area (Å²) in [4.78, 5) is 36.8. The van der Waals surface area contributed by atoms with Crippen LogP contribution in [0.15, 0.2) is 24.3 Å². The maximum absolute atomic E-state index is 12.7. The van der Waals surface area contributed by atoms with Gasteiger partial charge >= 0.3 is 5.97 Å². The number of carboxylic acid groups (broad SMARTS) is 1. The third-order valence-corrected chi connectivity index (χ3v) is 4.12. The minimum absolute atomic E-state index is 0.0129. The number of carboxylic acids is 1. The fourth-order valence-corrected chi connectivity index (χ4v) is 2.77. The van der Waals surface area contributed by atoms with Crippen LogP contribution >= 0.6 is 0 Å². The van der Waals surface area contributed by atoms with E-state index in [0.717, 1.165) is 0 Å². The van der Waals surface area contributed by atoms with Crippen molar-refractivity contribution in [2.24, 2.45) is 11.1 Å². The number of ether oxygens (including phenoxy) is 1. The van der Waals surface area contributed by atoms with Crippen molar-refractivity contribution in [1.82, 2.24) is 4.90 Å². The summed E-state index contributed by atoms with van der Waals surface area (Å²) in [5.74, 6) is -1.57. The van der Waals surface area contributed by atoms with E-state index in [1.807, 2.05) is 0 Å². The number of nitrogens with zero attached hydrogens (tertiary/aromatic N) is 1. The predicted molar refractivity (Wildman–Crippen MR) is 86.6 cm³/mol. The summed E-state index contributed by atoms with van der Waals surface area (Å²) in [6.07, 6.45) is 1.13. The molecule has 0 bridgehead atoms. The Labute approximate surface area is 140 Å². The molecule has 130 valence electrons. The lowest BCUT2D eigenvalue weighted by atomic mass is 9.92.